The average Bonchev–Trinajstić information content (AvgIpc) is 3.46. The van der Waals surface area contributed by atoms with Crippen LogP contribution in [0.5, 0.6) is 0 Å². The van der Waals surface area contributed by atoms with Crippen LogP contribution in [0, 0.1) is 0 Å². The van der Waals surface area contributed by atoms with Crippen molar-refractivity contribution in [2.45, 2.75) is 32.2 Å². The highest BCUT2D eigenvalue weighted by Gasteiger charge is 2.25. The van der Waals surface area contributed by atoms with Gasteiger partial charge >= 0.3 is 0 Å². The van der Waals surface area contributed by atoms with Crippen molar-refractivity contribution >= 4 is 58.3 Å². The Hall–Kier alpha value is -1.52. The first-order valence-corrected chi connectivity index (χ1v) is 11.3. The summed E-state index contributed by atoms with van der Waals surface area (Å²) in [4.78, 5) is 24.7. The van der Waals surface area contributed by atoms with Crippen LogP contribution in [0.15, 0.2) is 29.4 Å². The fourth-order valence-electron chi connectivity index (χ4n) is 3.89. The molecule has 2 fully saturated rings. The number of aromatic amines is 1. The van der Waals surface area contributed by atoms with Crippen molar-refractivity contribution in [2.24, 2.45) is 4.99 Å². The lowest BCUT2D eigenvalue weighted by molar-refractivity contribution is -0.122. The number of piperazine rings is 1. The second-order valence-electron chi connectivity index (χ2n) is 8.09. The minimum absolute atomic E-state index is 0. The second kappa shape index (κ2) is 11.4. The Morgan fingerprint density at radius 1 is 1.26 bits per heavy atom. The number of H-pyrrole nitrogens is 1. The maximum atomic E-state index is 12.0. The number of aromatic nitrogens is 1. The Labute approximate surface area is 206 Å². The van der Waals surface area contributed by atoms with Gasteiger partial charge in [0.05, 0.1) is 6.54 Å². The lowest BCUT2D eigenvalue weighted by Crippen LogP contribution is -2.54. The quantitative estimate of drug-likeness (QED) is 0.278. The summed E-state index contributed by atoms with van der Waals surface area (Å²) in [5.41, 5.74) is 2.34. The molecule has 0 bridgehead atoms. The Bertz CT molecular complexity index is 905. The molecule has 1 saturated heterocycles. The largest absolute Gasteiger partial charge is 0.361 e. The van der Waals surface area contributed by atoms with Crippen LogP contribution in [0.1, 0.15) is 25.3 Å². The molecule has 0 radical (unpaired) electrons. The van der Waals surface area contributed by atoms with Crippen LogP contribution in [0.3, 0.4) is 0 Å². The zero-order chi connectivity index (χ0) is 20.9. The smallest absolute Gasteiger partial charge is 0.234 e. The van der Waals surface area contributed by atoms with Crippen LogP contribution in [-0.4, -0.2) is 78.5 Å². The molecule has 2 aromatic rings. The number of aliphatic imine (C=N–C) groups is 1. The number of rotatable bonds is 7. The molecule has 1 aromatic carbocycles. The first-order valence-electron chi connectivity index (χ1n) is 10.9. The monoisotopic (exact) mass is 558 g/mol. The third-order valence-electron chi connectivity index (χ3n) is 5.69. The van der Waals surface area contributed by atoms with E-state index >= 15 is 0 Å². The third kappa shape index (κ3) is 6.73. The molecule has 1 aromatic heterocycles. The molecule has 31 heavy (non-hydrogen) atoms. The van der Waals surface area contributed by atoms with E-state index in [2.05, 4.69) is 38.5 Å². The van der Waals surface area contributed by atoms with Gasteiger partial charge in [-0.05, 0) is 49.9 Å². The summed E-state index contributed by atoms with van der Waals surface area (Å²) in [6.07, 6.45) is 5.17. The highest BCUT2D eigenvalue weighted by molar-refractivity contribution is 14.0. The molecule has 170 valence electrons. The average molecular weight is 559 g/mol. The second-order valence-corrected chi connectivity index (χ2v) is 8.53. The van der Waals surface area contributed by atoms with Gasteiger partial charge < -0.3 is 20.5 Å². The number of hydrogen-bond acceptors (Lipinski definition) is 3. The zero-order valence-corrected chi connectivity index (χ0v) is 21.1. The molecule has 1 saturated carbocycles. The molecule has 7 nitrogen and oxygen atoms in total. The maximum Gasteiger partial charge on any atom is 0.234 e. The molecule has 2 aliphatic rings. The van der Waals surface area contributed by atoms with E-state index in [1.54, 1.807) is 0 Å². The molecule has 0 unspecified atom stereocenters. The van der Waals surface area contributed by atoms with E-state index < -0.39 is 0 Å². The molecular formula is C22H32ClIN6O. The topological polar surface area (TPSA) is 75.8 Å². The van der Waals surface area contributed by atoms with Gasteiger partial charge in [-0.15, -0.1) is 24.0 Å². The van der Waals surface area contributed by atoms with Crippen molar-refractivity contribution in [3.63, 3.8) is 0 Å². The molecule has 1 aliphatic heterocycles. The van der Waals surface area contributed by atoms with Crippen LogP contribution in [-0.2, 0) is 11.2 Å². The summed E-state index contributed by atoms with van der Waals surface area (Å²) in [6.45, 7) is 7.66. The van der Waals surface area contributed by atoms with Gasteiger partial charge in [0.15, 0.2) is 5.96 Å². The van der Waals surface area contributed by atoms with E-state index in [-0.39, 0.29) is 29.9 Å². The minimum Gasteiger partial charge on any atom is -0.361 e. The number of nitrogens with zero attached hydrogens (tertiary/aromatic N) is 3. The summed E-state index contributed by atoms with van der Waals surface area (Å²) in [6, 6.07) is 6.36. The molecular weight excluding hydrogens is 527 g/mol. The third-order valence-corrected chi connectivity index (χ3v) is 5.92. The Morgan fingerprint density at radius 3 is 2.74 bits per heavy atom. The number of nitrogens with one attached hydrogen (secondary N) is 3. The Balaban J connectivity index is 0.00000272. The fraction of sp³-hybridized carbons (Fsp3) is 0.545. The normalized spacial score (nSPS) is 17.5. The maximum absolute atomic E-state index is 12.0. The highest BCUT2D eigenvalue weighted by atomic mass is 127. The van der Waals surface area contributed by atoms with Gasteiger partial charge in [-0.2, -0.15) is 0 Å². The standard InChI is InChI=1S/C22H31ClN6O.HI/c1-2-24-22(25-8-7-16-14-26-20-6-3-17(23)13-19(16)20)29-11-9-28(10-12-29)15-21(30)27-18-4-5-18;/h3,6,13-14,18,26H,2,4-5,7-12,15H2,1H3,(H,24,25)(H,27,30);1H. The number of halogens is 2. The molecule has 2 heterocycles. The Morgan fingerprint density at radius 2 is 2.03 bits per heavy atom. The SMILES string of the molecule is CCNC(=NCCc1c[nH]c2ccc(Cl)cc12)N1CCN(CC(=O)NC2CC2)CC1.I. The van der Waals surface area contributed by atoms with Gasteiger partial charge in [0.2, 0.25) is 5.91 Å². The van der Waals surface area contributed by atoms with Gasteiger partial charge in [-0.3, -0.25) is 14.7 Å². The van der Waals surface area contributed by atoms with Crippen LogP contribution < -0.4 is 10.6 Å². The molecule has 1 amide bonds. The minimum atomic E-state index is 0. The summed E-state index contributed by atoms with van der Waals surface area (Å²) in [5, 5.41) is 8.41. The number of hydrogen-bond donors (Lipinski definition) is 3. The van der Waals surface area contributed by atoms with E-state index in [1.165, 1.54) is 10.9 Å². The number of carbonyl (C=O) groups is 1. The number of carbonyl (C=O) groups excluding carboxylic acids is 1. The van der Waals surface area contributed by atoms with Crippen LogP contribution in [0.4, 0.5) is 0 Å². The lowest BCUT2D eigenvalue weighted by atomic mass is 10.1. The van der Waals surface area contributed by atoms with Gasteiger partial charge in [-0.25, -0.2) is 0 Å². The number of benzene rings is 1. The van der Waals surface area contributed by atoms with Gasteiger partial charge in [-0.1, -0.05) is 11.6 Å². The first-order chi connectivity index (χ1) is 14.6. The number of fused-ring (bicyclic) bond motifs is 1. The van der Waals surface area contributed by atoms with Gasteiger partial charge in [0, 0.05) is 67.4 Å². The molecule has 1 aliphatic carbocycles. The van der Waals surface area contributed by atoms with Crippen molar-refractivity contribution < 1.29 is 4.79 Å². The Kier molecular flexibility index (Phi) is 8.85. The molecule has 0 atom stereocenters. The van der Waals surface area contributed by atoms with Crippen molar-refractivity contribution in [2.75, 3.05) is 45.8 Å². The van der Waals surface area contributed by atoms with E-state index in [9.17, 15) is 4.79 Å². The molecule has 9 heteroatoms. The molecule has 4 rings (SSSR count). The van der Waals surface area contributed by atoms with Gasteiger partial charge in [0.1, 0.15) is 0 Å². The van der Waals surface area contributed by atoms with Gasteiger partial charge in [0.25, 0.3) is 0 Å². The van der Waals surface area contributed by atoms with Crippen molar-refractivity contribution in [3.05, 3.63) is 35.0 Å². The van der Waals surface area contributed by atoms with Crippen molar-refractivity contribution in [1.82, 2.24) is 25.4 Å². The lowest BCUT2D eigenvalue weighted by Gasteiger charge is -2.36. The van der Waals surface area contributed by atoms with Crippen molar-refractivity contribution in [1.29, 1.82) is 0 Å². The molecule has 3 N–H and O–H groups in total. The van der Waals surface area contributed by atoms with Crippen LogP contribution in [0.25, 0.3) is 10.9 Å². The van der Waals surface area contributed by atoms with E-state index in [0.717, 1.165) is 68.5 Å². The number of amides is 1. The fourth-order valence-corrected chi connectivity index (χ4v) is 4.06. The first kappa shape index (κ1) is 24.1. The summed E-state index contributed by atoms with van der Waals surface area (Å²) in [5.74, 6) is 1.11. The predicted octanol–water partition coefficient (Wildman–Crippen LogP) is 2.84. The summed E-state index contributed by atoms with van der Waals surface area (Å²) < 4.78 is 0. The highest BCUT2D eigenvalue weighted by Crippen LogP contribution is 2.22. The predicted molar refractivity (Wildman–Crippen MR) is 138 cm³/mol. The van der Waals surface area contributed by atoms with Crippen molar-refractivity contribution in [3.8, 4) is 0 Å². The number of guanidine groups is 1. The summed E-state index contributed by atoms with van der Waals surface area (Å²) >= 11 is 6.16. The van der Waals surface area contributed by atoms with E-state index in [0.29, 0.717) is 19.1 Å². The summed E-state index contributed by atoms with van der Waals surface area (Å²) in [7, 11) is 0. The zero-order valence-electron chi connectivity index (χ0n) is 18.0. The van der Waals surface area contributed by atoms with E-state index in [1.807, 2.05) is 18.2 Å². The van der Waals surface area contributed by atoms with Crippen LogP contribution >= 0.6 is 35.6 Å². The van der Waals surface area contributed by atoms with E-state index in [4.69, 9.17) is 16.6 Å². The van der Waals surface area contributed by atoms with Crippen LogP contribution in [0.2, 0.25) is 5.02 Å². The molecule has 0 spiro atoms.